The predicted octanol–water partition coefficient (Wildman–Crippen LogP) is 1.37. The van der Waals surface area contributed by atoms with E-state index in [9.17, 15) is 18.0 Å². The molecule has 25 heavy (non-hydrogen) atoms. The number of esters is 1. The van der Waals surface area contributed by atoms with Gasteiger partial charge in [0.2, 0.25) is 10.0 Å². The third-order valence-electron chi connectivity index (χ3n) is 3.28. The lowest BCUT2D eigenvalue weighted by Crippen LogP contribution is -2.22. The van der Waals surface area contributed by atoms with Crippen LogP contribution in [-0.2, 0) is 30.8 Å². The number of hydrogen-bond acceptors (Lipinski definition) is 5. The largest absolute Gasteiger partial charge is 0.455 e. The Balaban J connectivity index is 1.86. The maximum Gasteiger partial charge on any atom is 0.310 e. The van der Waals surface area contributed by atoms with Crippen LogP contribution in [0.3, 0.4) is 0 Å². The van der Waals surface area contributed by atoms with Gasteiger partial charge in [-0.1, -0.05) is 35.9 Å². The van der Waals surface area contributed by atoms with Gasteiger partial charge in [-0.15, -0.1) is 0 Å². The molecule has 8 heteroatoms. The highest BCUT2D eigenvalue weighted by Crippen LogP contribution is 2.14. The molecule has 132 valence electrons. The van der Waals surface area contributed by atoms with Crippen molar-refractivity contribution >= 4 is 27.6 Å². The van der Waals surface area contributed by atoms with Crippen LogP contribution in [0.5, 0.6) is 0 Å². The van der Waals surface area contributed by atoms with E-state index in [1.165, 1.54) is 24.3 Å². The monoisotopic (exact) mass is 362 g/mol. The van der Waals surface area contributed by atoms with Gasteiger partial charge in [0.05, 0.1) is 11.3 Å². The van der Waals surface area contributed by atoms with Crippen LogP contribution in [0.25, 0.3) is 0 Å². The minimum Gasteiger partial charge on any atom is -0.455 e. The number of rotatable bonds is 6. The van der Waals surface area contributed by atoms with Gasteiger partial charge in [0.1, 0.15) is 0 Å². The number of carbonyl (C=O) groups is 2. The van der Waals surface area contributed by atoms with Gasteiger partial charge in [0.15, 0.2) is 6.61 Å². The van der Waals surface area contributed by atoms with Crippen LogP contribution >= 0.6 is 0 Å². The van der Waals surface area contributed by atoms with Gasteiger partial charge in [-0.2, -0.15) is 0 Å². The number of aryl methyl sites for hydroxylation is 1. The molecule has 0 atom stereocenters. The molecule has 0 saturated carbocycles. The van der Waals surface area contributed by atoms with Crippen molar-refractivity contribution in [2.24, 2.45) is 5.14 Å². The van der Waals surface area contributed by atoms with Crippen LogP contribution in [-0.4, -0.2) is 26.9 Å². The second-order valence-corrected chi connectivity index (χ2v) is 7.01. The third-order valence-corrected chi connectivity index (χ3v) is 4.19. The van der Waals surface area contributed by atoms with Crippen molar-refractivity contribution in [3.8, 4) is 0 Å². The summed E-state index contributed by atoms with van der Waals surface area (Å²) in [7, 11) is -3.86. The van der Waals surface area contributed by atoms with Gasteiger partial charge in [-0.05, 0) is 30.7 Å². The van der Waals surface area contributed by atoms with Crippen LogP contribution in [0.2, 0.25) is 0 Å². The number of sulfonamides is 1. The summed E-state index contributed by atoms with van der Waals surface area (Å²) in [6.45, 7) is 1.47. The standard InChI is InChI=1S/C17H18N2O5S/c1-12-5-7-13(8-6-12)9-17(21)24-11-16(20)19-14-3-2-4-15(10-14)25(18,22)23/h2-8,10H,9,11H2,1H3,(H,19,20)(H2,18,22,23). The topological polar surface area (TPSA) is 116 Å². The lowest BCUT2D eigenvalue weighted by atomic mass is 10.1. The van der Waals surface area contributed by atoms with E-state index in [1.807, 2.05) is 31.2 Å². The van der Waals surface area contributed by atoms with E-state index in [2.05, 4.69) is 5.32 Å². The molecule has 0 fully saturated rings. The van der Waals surface area contributed by atoms with E-state index >= 15 is 0 Å². The third kappa shape index (κ3) is 6.02. The van der Waals surface area contributed by atoms with Gasteiger partial charge in [-0.25, -0.2) is 13.6 Å². The lowest BCUT2D eigenvalue weighted by molar-refractivity contribution is -0.146. The summed E-state index contributed by atoms with van der Waals surface area (Å²) in [4.78, 5) is 23.4. The number of anilines is 1. The summed E-state index contributed by atoms with van der Waals surface area (Å²) < 4.78 is 27.5. The number of primary sulfonamides is 1. The first-order chi connectivity index (χ1) is 11.7. The molecule has 2 aromatic carbocycles. The van der Waals surface area contributed by atoms with Crippen molar-refractivity contribution in [3.63, 3.8) is 0 Å². The van der Waals surface area contributed by atoms with Gasteiger partial charge in [0, 0.05) is 5.69 Å². The Morgan fingerprint density at radius 1 is 1.12 bits per heavy atom. The highest BCUT2D eigenvalue weighted by molar-refractivity contribution is 7.89. The van der Waals surface area contributed by atoms with Gasteiger partial charge in [-0.3, -0.25) is 9.59 Å². The zero-order chi connectivity index (χ0) is 18.4. The van der Waals surface area contributed by atoms with Crippen molar-refractivity contribution in [1.29, 1.82) is 0 Å². The molecule has 0 aliphatic carbocycles. The van der Waals surface area contributed by atoms with Crippen molar-refractivity contribution in [2.45, 2.75) is 18.2 Å². The van der Waals surface area contributed by atoms with E-state index in [4.69, 9.17) is 9.88 Å². The summed E-state index contributed by atoms with van der Waals surface area (Å²) >= 11 is 0. The molecular weight excluding hydrogens is 344 g/mol. The molecule has 3 N–H and O–H groups in total. The quantitative estimate of drug-likeness (QED) is 0.753. The number of amides is 1. The van der Waals surface area contributed by atoms with E-state index in [1.54, 1.807) is 0 Å². The zero-order valence-corrected chi connectivity index (χ0v) is 14.4. The fourth-order valence-electron chi connectivity index (χ4n) is 2.02. The number of benzene rings is 2. The molecule has 0 spiro atoms. The summed E-state index contributed by atoms with van der Waals surface area (Å²) in [5.41, 5.74) is 2.11. The summed E-state index contributed by atoms with van der Waals surface area (Å²) in [6.07, 6.45) is 0.0640. The fraction of sp³-hybridized carbons (Fsp3) is 0.176. The number of nitrogens with two attached hydrogens (primary N) is 1. The van der Waals surface area contributed by atoms with Crippen LogP contribution in [0.15, 0.2) is 53.4 Å². The zero-order valence-electron chi connectivity index (χ0n) is 13.6. The minimum absolute atomic E-state index is 0.0640. The number of carbonyl (C=O) groups excluding carboxylic acids is 2. The van der Waals surface area contributed by atoms with Crippen LogP contribution in [0, 0.1) is 6.92 Å². The number of hydrogen-bond donors (Lipinski definition) is 2. The molecule has 2 aromatic rings. The van der Waals surface area contributed by atoms with Crippen molar-refractivity contribution in [2.75, 3.05) is 11.9 Å². The highest BCUT2D eigenvalue weighted by Gasteiger charge is 2.11. The molecule has 0 heterocycles. The average molecular weight is 362 g/mol. The van der Waals surface area contributed by atoms with E-state index in [0.717, 1.165) is 11.1 Å². The maximum atomic E-state index is 11.8. The molecular formula is C17H18N2O5S. The summed E-state index contributed by atoms with van der Waals surface area (Å²) in [5, 5.41) is 7.47. The molecule has 0 aromatic heterocycles. The average Bonchev–Trinajstić information content (AvgIpc) is 2.55. The Hall–Kier alpha value is -2.71. The fourth-order valence-corrected chi connectivity index (χ4v) is 2.58. The second-order valence-electron chi connectivity index (χ2n) is 5.44. The van der Waals surface area contributed by atoms with Gasteiger partial charge < -0.3 is 10.1 Å². The Morgan fingerprint density at radius 2 is 1.80 bits per heavy atom. The molecule has 2 rings (SSSR count). The Bertz CT molecular complexity index is 876. The van der Waals surface area contributed by atoms with E-state index < -0.39 is 28.5 Å². The minimum atomic E-state index is -3.86. The highest BCUT2D eigenvalue weighted by atomic mass is 32.2. The van der Waals surface area contributed by atoms with Crippen LogP contribution in [0.1, 0.15) is 11.1 Å². The second kappa shape index (κ2) is 7.91. The van der Waals surface area contributed by atoms with Crippen molar-refractivity contribution in [1.82, 2.24) is 0 Å². The smallest absolute Gasteiger partial charge is 0.310 e. The van der Waals surface area contributed by atoms with Crippen molar-refractivity contribution in [3.05, 3.63) is 59.7 Å². The molecule has 0 saturated heterocycles. The Labute approximate surface area is 145 Å². The van der Waals surface area contributed by atoms with E-state index in [0.29, 0.717) is 0 Å². The molecule has 0 bridgehead atoms. The SMILES string of the molecule is Cc1ccc(CC(=O)OCC(=O)Nc2cccc(S(N)(=O)=O)c2)cc1. The number of nitrogens with one attached hydrogen (secondary N) is 1. The van der Waals surface area contributed by atoms with Crippen LogP contribution in [0.4, 0.5) is 5.69 Å². The van der Waals surface area contributed by atoms with Gasteiger partial charge in [0.25, 0.3) is 5.91 Å². The first kappa shape index (κ1) is 18.6. The first-order valence-electron chi connectivity index (χ1n) is 7.38. The molecule has 0 aliphatic heterocycles. The molecule has 7 nitrogen and oxygen atoms in total. The Morgan fingerprint density at radius 3 is 2.44 bits per heavy atom. The maximum absolute atomic E-state index is 11.8. The van der Waals surface area contributed by atoms with Crippen LogP contribution < -0.4 is 10.5 Å². The Kier molecular flexibility index (Phi) is 5.89. The molecule has 0 unspecified atom stereocenters. The lowest BCUT2D eigenvalue weighted by Gasteiger charge is -2.08. The number of ether oxygens (including phenoxy) is 1. The normalized spacial score (nSPS) is 11.0. The summed E-state index contributed by atoms with van der Waals surface area (Å²) in [5.74, 6) is -1.11. The molecule has 1 amide bonds. The van der Waals surface area contributed by atoms with Gasteiger partial charge >= 0.3 is 5.97 Å². The first-order valence-corrected chi connectivity index (χ1v) is 8.92. The molecule has 0 aliphatic rings. The summed E-state index contributed by atoms with van der Waals surface area (Å²) in [6, 6.07) is 12.9. The molecule has 0 radical (unpaired) electrons. The predicted molar refractivity (Wildman–Crippen MR) is 92.3 cm³/mol. The van der Waals surface area contributed by atoms with E-state index in [-0.39, 0.29) is 17.0 Å². The van der Waals surface area contributed by atoms with Crippen molar-refractivity contribution < 1.29 is 22.7 Å².